The van der Waals surface area contributed by atoms with Crippen LogP contribution in [0, 0.1) is 13.8 Å². The van der Waals surface area contributed by atoms with Gasteiger partial charge in [0, 0.05) is 23.4 Å². The minimum absolute atomic E-state index is 0.0934. The highest BCUT2D eigenvalue weighted by molar-refractivity contribution is 7.99. The summed E-state index contributed by atoms with van der Waals surface area (Å²) >= 11 is 3.25. The molecule has 7 heteroatoms. The molecule has 5 nitrogen and oxygen atoms in total. The molecule has 0 aliphatic heterocycles. The number of aromatic amines is 1. The van der Waals surface area contributed by atoms with Crippen molar-refractivity contribution in [1.82, 2.24) is 20.5 Å². The molecule has 0 atom stereocenters. The average molecular weight is 324 g/mol. The van der Waals surface area contributed by atoms with Crippen LogP contribution in [0.5, 0.6) is 0 Å². The molecule has 0 aliphatic rings. The largest absolute Gasteiger partial charge is 0.355 e. The van der Waals surface area contributed by atoms with E-state index in [0.29, 0.717) is 12.3 Å². The van der Waals surface area contributed by atoms with Crippen LogP contribution < -0.4 is 5.32 Å². The van der Waals surface area contributed by atoms with Crippen LogP contribution in [0.1, 0.15) is 28.4 Å². The molecule has 2 aromatic rings. The first kappa shape index (κ1) is 16.0. The van der Waals surface area contributed by atoms with Crippen molar-refractivity contribution in [3.63, 3.8) is 0 Å². The Morgan fingerprint density at radius 1 is 1.48 bits per heavy atom. The molecule has 2 rings (SSSR count). The Hall–Kier alpha value is -1.34. The summed E-state index contributed by atoms with van der Waals surface area (Å²) in [6.07, 6.45) is 3.72. The molecule has 0 fully saturated rings. The van der Waals surface area contributed by atoms with Gasteiger partial charge < -0.3 is 5.32 Å². The molecule has 2 N–H and O–H groups in total. The second-order valence-electron chi connectivity index (χ2n) is 4.82. The van der Waals surface area contributed by atoms with Crippen LogP contribution >= 0.6 is 23.1 Å². The number of hydrogen-bond donors (Lipinski definition) is 2. The molecule has 0 saturated carbocycles. The van der Waals surface area contributed by atoms with Crippen molar-refractivity contribution in [1.29, 1.82) is 0 Å². The maximum Gasteiger partial charge on any atom is 0.230 e. The van der Waals surface area contributed by atoms with Gasteiger partial charge in [-0.1, -0.05) is 0 Å². The van der Waals surface area contributed by atoms with Gasteiger partial charge in [-0.3, -0.25) is 9.89 Å². The quantitative estimate of drug-likeness (QED) is 0.732. The van der Waals surface area contributed by atoms with Gasteiger partial charge in [0.2, 0.25) is 5.91 Å². The van der Waals surface area contributed by atoms with E-state index in [1.165, 1.54) is 5.56 Å². The van der Waals surface area contributed by atoms with Crippen LogP contribution in [0.4, 0.5) is 0 Å². The maximum absolute atomic E-state index is 11.7. The Balaban J connectivity index is 1.54. The predicted molar refractivity (Wildman–Crippen MR) is 87.7 cm³/mol. The molecule has 1 amide bonds. The minimum atomic E-state index is 0.0934. The van der Waals surface area contributed by atoms with Crippen molar-refractivity contribution in [2.45, 2.75) is 32.4 Å². The van der Waals surface area contributed by atoms with Crippen molar-refractivity contribution in [2.24, 2.45) is 0 Å². The maximum atomic E-state index is 11.7. The standard InChI is InChI=1S/C14H20N4OS2/c1-10-12(6-16-18-10)4-3-5-15-14(19)9-20-7-13-8-21-11(2)17-13/h6,8H,3-5,7,9H2,1-2H3,(H,15,19)(H,16,18). The molecule has 0 saturated heterocycles. The van der Waals surface area contributed by atoms with E-state index < -0.39 is 0 Å². The molecule has 2 aromatic heterocycles. The number of rotatable bonds is 8. The summed E-state index contributed by atoms with van der Waals surface area (Å²) in [5.41, 5.74) is 3.39. The molecule has 0 radical (unpaired) electrons. The van der Waals surface area contributed by atoms with Crippen molar-refractivity contribution in [2.75, 3.05) is 12.3 Å². The summed E-state index contributed by atoms with van der Waals surface area (Å²) in [6, 6.07) is 0. The lowest BCUT2D eigenvalue weighted by atomic mass is 10.1. The summed E-state index contributed by atoms with van der Waals surface area (Å²) in [7, 11) is 0. The SMILES string of the molecule is Cc1nc(CSCC(=O)NCCCc2cn[nH]c2C)cs1. The van der Waals surface area contributed by atoms with Crippen LogP contribution in [0.3, 0.4) is 0 Å². The minimum Gasteiger partial charge on any atom is -0.355 e. The van der Waals surface area contributed by atoms with E-state index in [1.54, 1.807) is 23.1 Å². The number of thioether (sulfide) groups is 1. The molecule has 21 heavy (non-hydrogen) atoms. The van der Waals surface area contributed by atoms with E-state index in [-0.39, 0.29) is 5.91 Å². The van der Waals surface area contributed by atoms with E-state index in [1.807, 2.05) is 25.4 Å². The zero-order valence-electron chi connectivity index (χ0n) is 12.3. The Bertz CT molecular complexity index is 579. The zero-order chi connectivity index (χ0) is 15.1. The van der Waals surface area contributed by atoms with Crippen LogP contribution in [0.25, 0.3) is 0 Å². The summed E-state index contributed by atoms with van der Waals surface area (Å²) in [5, 5.41) is 13.0. The average Bonchev–Trinajstić information content (AvgIpc) is 3.04. The van der Waals surface area contributed by atoms with Crippen LogP contribution in [0.15, 0.2) is 11.6 Å². The second kappa shape index (κ2) is 8.19. The highest BCUT2D eigenvalue weighted by atomic mass is 32.2. The normalized spacial score (nSPS) is 10.8. The molecule has 114 valence electrons. The van der Waals surface area contributed by atoms with Gasteiger partial charge in [0.05, 0.1) is 22.7 Å². The topological polar surface area (TPSA) is 70.7 Å². The third-order valence-electron chi connectivity index (χ3n) is 3.03. The number of carbonyl (C=O) groups is 1. The van der Waals surface area contributed by atoms with Gasteiger partial charge in [-0.2, -0.15) is 5.10 Å². The molecule has 2 heterocycles. The number of H-pyrrole nitrogens is 1. The number of hydrogen-bond acceptors (Lipinski definition) is 5. The first-order valence-electron chi connectivity index (χ1n) is 6.89. The first-order valence-corrected chi connectivity index (χ1v) is 8.93. The van der Waals surface area contributed by atoms with Crippen LogP contribution in [-0.4, -0.2) is 33.4 Å². The van der Waals surface area contributed by atoms with E-state index in [0.717, 1.165) is 35.0 Å². The highest BCUT2D eigenvalue weighted by Gasteiger charge is 2.04. The number of carbonyl (C=O) groups excluding carboxylic acids is 1. The lowest BCUT2D eigenvalue weighted by molar-refractivity contribution is -0.118. The summed E-state index contributed by atoms with van der Waals surface area (Å²) in [5.74, 6) is 1.38. The van der Waals surface area contributed by atoms with Crippen molar-refractivity contribution in [3.8, 4) is 0 Å². The van der Waals surface area contributed by atoms with Gasteiger partial charge in [-0.05, 0) is 32.3 Å². The molecular weight excluding hydrogens is 304 g/mol. The molecule has 0 aliphatic carbocycles. The van der Waals surface area contributed by atoms with E-state index in [9.17, 15) is 4.79 Å². The fourth-order valence-corrected chi connectivity index (χ4v) is 3.37. The fraction of sp³-hybridized carbons (Fsp3) is 0.500. The van der Waals surface area contributed by atoms with E-state index in [4.69, 9.17) is 0 Å². The molecule has 0 spiro atoms. The smallest absolute Gasteiger partial charge is 0.230 e. The monoisotopic (exact) mass is 324 g/mol. The van der Waals surface area contributed by atoms with Crippen molar-refractivity contribution < 1.29 is 4.79 Å². The lowest BCUT2D eigenvalue weighted by Gasteiger charge is -2.04. The summed E-state index contributed by atoms with van der Waals surface area (Å²) < 4.78 is 0. The van der Waals surface area contributed by atoms with Gasteiger partial charge in [-0.15, -0.1) is 23.1 Å². The molecule has 0 aromatic carbocycles. The number of nitrogens with one attached hydrogen (secondary N) is 2. The van der Waals surface area contributed by atoms with E-state index in [2.05, 4.69) is 20.5 Å². The lowest BCUT2D eigenvalue weighted by Crippen LogP contribution is -2.26. The molecule has 0 unspecified atom stereocenters. The van der Waals surface area contributed by atoms with Gasteiger partial charge >= 0.3 is 0 Å². The van der Waals surface area contributed by atoms with Crippen molar-refractivity contribution in [3.05, 3.63) is 33.5 Å². The third kappa shape index (κ3) is 5.51. The predicted octanol–water partition coefficient (Wildman–Crippen LogP) is 2.47. The third-order valence-corrected chi connectivity index (χ3v) is 4.82. The second-order valence-corrected chi connectivity index (χ2v) is 6.87. The number of amides is 1. The Kier molecular flexibility index (Phi) is 6.25. The molecule has 0 bridgehead atoms. The Labute approximate surface area is 132 Å². The number of aromatic nitrogens is 3. The number of thiazole rings is 1. The van der Waals surface area contributed by atoms with Gasteiger partial charge in [-0.25, -0.2) is 4.98 Å². The Morgan fingerprint density at radius 3 is 3.00 bits per heavy atom. The molecular formula is C14H20N4OS2. The summed E-state index contributed by atoms with van der Waals surface area (Å²) in [6.45, 7) is 4.71. The van der Waals surface area contributed by atoms with Gasteiger partial charge in [0.25, 0.3) is 0 Å². The highest BCUT2D eigenvalue weighted by Crippen LogP contribution is 2.14. The summed E-state index contributed by atoms with van der Waals surface area (Å²) in [4.78, 5) is 16.1. The van der Waals surface area contributed by atoms with Crippen LogP contribution in [-0.2, 0) is 17.0 Å². The zero-order valence-corrected chi connectivity index (χ0v) is 13.9. The van der Waals surface area contributed by atoms with E-state index >= 15 is 0 Å². The van der Waals surface area contributed by atoms with Crippen molar-refractivity contribution >= 4 is 29.0 Å². The van der Waals surface area contributed by atoms with Gasteiger partial charge in [0.1, 0.15) is 0 Å². The van der Waals surface area contributed by atoms with Crippen LogP contribution in [0.2, 0.25) is 0 Å². The number of nitrogens with zero attached hydrogens (tertiary/aromatic N) is 2. The fourth-order valence-electron chi connectivity index (χ4n) is 1.91. The van der Waals surface area contributed by atoms with Gasteiger partial charge in [0.15, 0.2) is 0 Å². The number of aryl methyl sites for hydroxylation is 3. The Morgan fingerprint density at radius 2 is 2.33 bits per heavy atom. The first-order chi connectivity index (χ1) is 10.1.